The van der Waals surface area contributed by atoms with E-state index in [1.807, 2.05) is 18.2 Å². The summed E-state index contributed by atoms with van der Waals surface area (Å²) in [5, 5.41) is 0. The fraction of sp³-hybridized carbons (Fsp3) is 0.353. The maximum absolute atomic E-state index is 12.4. The van der Waals surface area contributed by atoms with Gasteiger partial charge in [-0.2, -0.15) is 0 Å². The number of hydrogen-bond acceptors (Lipinski definition) is 5. The zero-order valence-corrected chi connectivity index (χ0v) is 13.3. The first-order valence-electron chi connectivity index (χ1n) is 7.71. The van der Waals surface area contributed by atoms with E-state index in [0.717, 1.165) is 24.5 Å². The molecule has 1 amide bonds. The standard InChI is InChI=1S/C17H20N4O2/c1-3-21-12-13(23-16-7-5-4-6-15(16)21)11-20(2)17(22)14-10-18-8-9-19-14/h4-10,13H,3,11-12H2,1-2H3/t13-/m1/s1. The molecule has 2 aromatic rings. The quantitative estimate of drug-likeness (QED) is 0.862. The Morgan fingerprint density at radius 3 is 2.96 bits per heavy atom. The van der Waals surface area contributed by atoms with Crippen LogP contribution in [0.2, 0.25) is 0 Å². The van der Waals surface area contributed by atoms with Gasteiger partial charge in [-0.3, -0.25) is 9.78 Å². The van der Waals surface area contributed by atoms with Gasteiger partial charge in [-0.1, -0.05) is 12.1 Å². The minimum absolute atomic E-state index is 0.0736. The summed E-state index contributed by atoms with van der Waals surface area (Å²) >= 11 is 0. The van der Waals surface area contributed by atoms with Crippen LogP contribution in [0.3, 0.4) is 0 Å². The summed E-state index contributed by atoms with van der Waals surface area (Å²) in [6.07, 6.45) is 4.48. The third-order valence-corrected chi connectivity index (χ3v) is 3.91. The Hall–Kier alpha value is -2.63. The molecule has 0 aliphatic carbocycles. The van der Waals surface area contributed by atoms with Crippen molar-refractivity contribution in [2.24, 2.45) is 0 Å². The molecule has 120 valence electrons. The Kier molecular flexibility index (Phi) is 4.41. The topological polar surface area (TPSA) is 58.6 Å². The van der Waals surface area contributed by atoms with Gasteiger partial charge in [0.1, 0.15) is 17.5 Å². The molecule has 0 fully saturated rings. The van der Waals surface area contributed by atoms with E-state index < -0.39 is 0 Å². The molecule has 1 aromatic carbocycles. The first kappa shape index (κ1) is 15.3. The minimum atomic E-state index is -0.149. The van der Waals surface area contributed by atoms with Gasteiger partial charge in [-0.25, -0.2) is 4.98 Å². The molecule has 1 aliphatic heterocycles. The number of carbonyl (C=O) groups excluding carboxylic acids is 1. The van der Waals surface area contributed by atoms with Crippen LogP contribution in [-0.4, -0.2) is 53.6 Å². The van der Waals surface area contributed by atoms with Crippen LogP contribution in [0.1, 0.15) is 17.4 Å². The third kappa shape index (κ3) is 3.26. The lowest BCUT2D eigenvalue weighted by Crippen LogP contribution is -2.47. The summed E-state index contributed by atoms with van der Waals surface area (Å²) in [5.74, 6) is 0.717. The number of amides is 1. The number of carbonyl (C=O) groups is 1. The van der Waals surface area contributed by atoms with Crippen LogP contribution in [0.5, 0.6) is 5.75 Å². The van der Waals surface area contributed by atoms with Crippen LogP contribution < -0.4 is 9.64 Å². The van der Waals surface area contributed by atoms with Crippen molar-refractivity contribution in [2.45, 2.75) is 13.0 Å². The molecule has 0 spiro atoms. The van der Waals surface area contributed by atoms with E-state index in [4.69, 9.17) is 4.74 Å². The van der Waals surface area contributed by atoms with E-state index in [1.165, 1.54) is 12.4 Å². The molecule has 0 unspecified atom stereocenters. The number of ether oxygens (including phenoxy) is 1. The zero-order chi connectivity index (χ0) is 16.2. The Morgan fingerprint density at radius 2 is 2.22 bits per heavy atom. The molecule has 0 saturated carbocycles. The Bertz CT molecular complexity index is 677. The molecule has 23 heavy (non-hydrogen) atoms. The largest absolute Gasteiger partial charge is 0.485 e. The van der Waals surface area contributed by atoms with E-state index in [2.05, 4.69) is 27.9 Å². The van der Waals surface area contributed by atoms with Gasteiger partial charge in [-0.05, 0) is 19.1 Å². The van der Waals surface area contributed by atoms with E-state index in [9.17, 15) is 4.79 Å². The number of nitrogens with zero attached hydrogens (tertiary/aromatic N) is 4. The molecule has 6 heteroatoms. The molecular weight excluding hydrogens is 292 g/mol. The second kappa shape index (κ2) is 6.64. The van der Waals surface area contributed by atoms with Gasteiger partial charge in [0.2, 0.25) is 0 Å². The number of anilines is 1. The van der Waals surface area contributed by atoms with Crippen LogP contribution in [-0.2, 0) is 0 Å². The fourth-order valence-corrected chi connectivity index (χ4v) is 2.77. The molecule has 2 heterocycles. The predicted octanol–water partition coefficient (Wildman–Crippen LogP) is 1.84. The zero-order valence-electron chi connectivity index (χ0n) is 13.3. The van der Waals surface area contributed by atoms with E-state index in [0.29, 0.717) is 12.2 Å². The van der Waals surface area contributed by atoms with Crippen molar-refractivity contribution in [3.8, 4) is 5.75 Å². The lowest BCUT2D eigenvalue weighted by Gasteiger charge is -2.37. The normalized spacial score (nSPS) is 16.4. The molecular formula is C17H20N4O2. The highest BCUT2D eigenvalue weighted by molar-refractivity contribution is 5.91. The molecule has 1 atom stereocenters. The lowest BCUT2D eigenvalue weighted by molar-refractivity contribution is 0.0703. The maximum Gasteiger partial charge on any atom is 0.273 e. The summed E-state index contributed by atoms with van der Waals surface area (Å²) in [7, 11) is 1.76. The van der Waals surface area contributed by atoms with Gasteiger partial charge in [0, 0.05) is 26.0 Å². The van der Waals surface area contributed by atoms with Crippen LogP contribution >= 0.6 is 0 Å². The number of para-hydroxylation sites is 2. The van der Waals surface area contributed by atoms with Gasteiger partial charge in [0.15, 0.2) is 0 Å². The molecule has 0 saturated heterocycles. The molecule has 1 aromatic heterocycles. The molecule has 0 radical (unpaired) electrons. The number of likely N-dealkylation sites (N-methyl/N-ethyl adjacent to an activating group) is 2. The van der Waals surface area contributed by atoms with Crippen LogP contribution in [0, 0.1) is 0 Å². The number of aromatic nitrogens is 2. The Balaban J connectivity index is 1.70. The van der Waals surface area contributed by atoms with Gasteiger partial charge >= 0.3 is 0 Å². The molecule has 1 aliphatic rings. The van der Waals surface area contributed by atoms with Gasteiger partial charge in [0.25, 0.3) is 5.91 Å². The van der Waals surface area contributed by atoms with Gasteiger partial charge in [-0.15, -0.1) is 0 Å². The highest BCUT2D eigenvalue weighted by Crippen LogP contribution is 2.32. The first-order chi connectivity index (χ1) is 11.2. The minimum Gasteiger partial charge on any atom is -0.485 e. The number of rotatable bonds is 4. The average Bonchev–Trinajstić information content (AvgIpc) is 2.61. The van der Waals surface area contributed by atoms with Crippen LogP contribution in [0.15, 0.2) is 42.9 Å². The third-order valence-electron chi connectivity index (χ3n) is 3.91. The molecule has 3 rings (SSSR count). The summed E-state index contributed by atoms with van der Waals surface area (Å²) in [5.41, 5.74) is 1.45. The predicted molar refractivity (Wildman–Crippen MR) is 87.7 cm³/mol. The second-order valence-electron chi connectivity index (χ2n) is 5.52. The lowest BCUT2D eigenvalue weighted by atomic mass is 10.2. The van der Waals surface area contributed by atoms with Crippen molar-refractivity contribution in [3.63, 3.8) is 0 Å². The maximum atomic E-state index is 12.4. The summed E-state index contributed by atoms with van der Waals surface area (Å²) in [6, 6.07) is 8.00. The van der Waals surface area contributed by atoms with Gasteiger partial charge in [0.05, 0.1) is 25.0 Å². The average molecular weight is 312 g/mol. The van der Waals surface area contributed by atoms with Gasteiger partial charge < -0.3 is 14.5 Å². The van der Waals surface area contributed by atoms with Crippen molar-refractivity contribution < 1.29 is 9.53 Å². The molecule has 0 bridgehead atoms. The Morgan fingerprint density at radius 1 is 1.39 bits per heavy atom. The van der Waals surface area contributed by atoms with Crippen molar-refractivity contribution in [1.29, 1.82) is 0 Å². The van der Waals surface area contributed by atoms with Crippen molar-refractivity contribution in [2.75, 3.05) is 31.6 Å². The highest BCUT2D eigenvalue weighted by Gasteiger charge is 2.27. The van der Waals surface area contributed by atoms with Crippen molar-refractivity contribution in [3.05, 3.63) is 48.5 Å². The number of fused-ring (bicyclic) bond motifs is 1. The van der Waals surface area contributed by atoms with E-state index in [1.54, 1.807) is 18.1 Å². The molecule has 0 N–H and O–H groups in total. The molecule has 6 nitrogen and oxygen atoms in total. The Labute approximate surface area is 135 Å². The smallest absolute Gasteiger partial charge is 0.273 e. The van der Waals surface area contributed by atoms with Crippen LogP contribution in [0.4, 0.5) is 5.69 Å². The summed E-state index contributed by atoms with van der Waals surface area (Å²) in [6.45, 7) is 4.28. The monoisotopic (exact) mass is 312 g/mol. The SMILES string of the molecule is CCN1C[C@@H](CN(C)C(=O)c2cnccn2)Oc2ccccc21. The first-order valence-corrected chi connectivity index (χ1v) is 7.71. The van der Waals surface area contributed by atoms with Crippen LogP contribution in [0.25, 0.3) is 0 Å². The van der Waals surface area contributed by atoms with Crippen molar-refractivity contribution >= 4 is 11.6 Å². The summed E-state index contributed by atoms with van der Waals surface area (Å²) < 4.78 is 6.05. The summed E-state index contributed by atoms with van der Waals surface area (Å²) in [4.78, 5) is 24.3. The van der Waals surface area contributed by atoms with Crippen molar-refractivity contribution in [1.82, 2.24) is 14.9 Å². The fourth-order valence-electron chi connectivity index (χ4n) is 2.77. The second-order valence-corrected chi connectivity index (χ2v) is 5.52. The highest BCUT2D eigenvalue weighted by atomic mass is 16.5. The van der Waals surface area contributed by atoms with E-state index in [-0.39, 0.29) is 12.0 Å². The number of benzene rings is 1. The number of hydrogen-bond donors (Lipinski definition) is 0. The van der Waals surface area contributed by atoms with E-state index >= 15 is 0 Å².